The molecule has 1 heterocycles. The first-order valence-corrected chi connectivity index (χ1v) is 5.63. The fourth-order valence-corrected chi connectivity index (χ4v) is 2.06. The number of nitro benzene ring substituents is 1. The molecule has 1 fully saturated rings. The number of hydrogen-bond acceptors (Lipinski definition) is 5. The fraction of sp³-hybridized carbons (Fsp3) is 0.417. The monoisotopic (exact) mass is 267 g/mol. The van der Waals surface area contributed by atoms with Crippen LogP contribution in [0.1, 0.15) is 25.5 Å². The van der Waals surface area contributed by atoms with Crippen LogP contribution in [-0.2, 0) is 14.3 Å². The molecule has 1 aliphatic rings. The summed E-state index contributed by atoms with van der Waals surface area (Å²) in [7, 11) is 0. The minimum Gasteiger partial charge on any atom is -0.479 e. The van der Waals surface area contributed by atoms with Crippen molar-refractivity contribution in [1.29, 1.82) is 0 Å². The van der Waals surface area contributed by atoms with Crippen molar-refractivity contribution in [2.45, 2.75) is 31.8 Å². The van der Waals surface area contributed by atoms with Gasteiger partial charge in [-0.2, -0.15) is 0 Å². The van der Waals surface area contributed by atoms with Crippen LogP contribution in [0, 0.1) is 10.1 Å². The highest BCUT2D eigenvalue weighted by Crippen LogP contribution is 2.41. The van der Waals surface area contributed by atoms with Crippen molar-refractivity contribution in [2.24, 2.45) is 0 Å². The van der Waals surface area contributed by atoms with Crippen LogP contribution >= 0.6 is 0 Å². The highest BCUT2D eigenvalue weighted by Gasteiger charge is 2.48. The van der Waals surface area contributed by atoms with E-state index in [9.17, 15) is 14.9 Å². The quantitative estimate of drug-likeness (QED) is 0.663. The maximum atomic E-state index is 11.2. The SMILES string of the molecule is CC1(C)OC(C(=O)O)C(c2ccccc2[N+](=O)[O-])O1. The molecule has 7 heteroatoms. The first-order chi connectivity index (χ1) is 8.82. The zero-order valence-corrected chi connectivity index (χ0v) is 10.4. The molecule has 0 radical (unpaired) electrons. The molecule has 1 aromatic rings. The van der Waals surface area contributed by atoms with E-state index in [0.717, 1.165) is 0 Å². The van der Waals surface area contributed by atoms with Gasteiger partial charge in [0.15, 0.2) is 11.9 Å². The van der Waals surface area contributed by atoms with Crippen molar-refractivity contribution in [1.82, 2.24) is 0 Å². The zero-order chi connectivity index (χ0) is 14.2. The molecule has 7 nitrogen and oxygen atoms in total. The molecule has 2 rings (SSSR count). The Balaban J connectivity index is 2.45. The third kappa shape index (κ3) is 2.56. The third-order valence-corrected chi connectivity index (χ3v) is 2.78. The van der Waals surface area contributed by atoms with Crippen molar-refractivity contribution in [3.8, 4) is 0 Å². The van der Waals surface area contributed by atoms with Gasteiger partial charge in [-0.1, -0.05) is 12.1 Å². The average Bonchev–Trinajstić information content (AvgIpc) is 2.65. The molecule has 2 atom stereocenters. The summed E-state index contributed by atoms with van der Waals surface area (Å²) in [6.07, 6.45) is -2.27. The standard InChI is InChI=1S/C12H13NO6/c1-12(2)18-9(10(19-12)11(14)15)7-5-3-4-6-8(7)13(16)17/h3-6,9-10H,1-2H3,(H,14,15). The molecule has 0 aromatic heterocycles. The van der Waals surface area contributed by atoms with Crippen LogP contribution in [0.4, 0.5) is 5.69 Å². The lowest BCUT2D eigenvalue weighted by Crippen LogP contribution is -2.27. The number of para-hydroxylation sites is 1. The van der Waals surface area contributed by atoms with Crippen molar-refractivity contribution in [3.05, 3.63) is 39.9 Å². The van der Waals surface area contributed by atoms with Gasteiger partial charge in [0.25, 0.3) is 5.69 Å². The highest BCUT2D eigenvalue weighted by molar-refractivity contribution is 5.74. The van der Waals surface area contributed by atoms with Crippen LogP contribution < -0.4 is 0 Å². The van der Waals surface area contributed by atoms with E-state index >= 15 is 0 Å². The molecule has 0 bridgehead atoms. The summed E-state index contributed by atoms with van der Waals surface area (Å²) in [5, 5.41) is 20.1. The molecule has 0 amide bonds. The van der Waals surface area contributed by atoms with E-state index < -0.39 is 28.9 Å². The lowest BCUT2D eigenvalue weighted by Gasteiger charge is -2.16. The molecule has 19 heavy (non-hydrogen) atoms. The molecule has 1 aromatic carbocycles. The number of benzene rings is 1. The normalized spacial score (nSPS) is 25.2. The topological polar surface area (TPSA) is 98.9 Å². The van der Waals surface area contributed by atoms with E-state index in [2.05, 4.69) is 0 Å². The predicted octanol–water partition coefficient (Wildman–Crippen LogP) is 1.87. The van der Waals surface area contributed by atoms with Gasteiger partial charge in [-0.15, -0.1) is 0 Å². The molecular formula is C12H13NO6. The predicted molar refractivity (Wildman–Crippen MR) is 63.5 cm³/mol. The summed E-state index contributed by atoms with van der Waals surface area (Å²) in [5.41, 5.74) is 0.0190. The van der Waals surface area contributed by atoms with Crippen LogP contribution in [0.2, 0.25) is 0 Å². The van der Waals surface area contributed by atoms with Crippen LogP contribution in [-0.4, -0.2) is 27.9 Å². The Morgan fingerprint density at radius 2 is 2.00 bits per heavy atom. The van der Waals surface area contributed by atoms with Crippen LogP contribution in [0.3, 0.4) is 0 Å². The molecular weight excluding hydrogens is 254 g/mol. The average molecular weight is 267 g/mol. The molecule has 0 aliphatic carbocycles. The number of aliphatic carboxylic acids is 1. The highest BCUT2D eigenvalue weighted by atomic mass is 16.8. The van der Waals surface area contributed by atoms with Gasteiger partial charge in [0.1, 0.15) is 6.10 Å². The van der Waals surface area contributed by atoms with E-state index in [1.54, 1.807) is 19.9 Å². The Hall–Kier alpha value is -1.99. The van der Waals surface area contributed by atoms with Crippen LogP contribution in [0.15, 0.2) is 24.3 Å². The molecule has 2 unspecified atom stereocenters. The minimum atomic E-state index is -1.27. The number of rotatable bonds is 3. The molecule has 1 saturated heterocycles. The summed E-state index contributed by atoms with van der Waals surface area (Å²) in [6.45, 7) is 3.13. The van der Waals surface area contributed by atoms with E-state index in [0.29, 0.717) is 0 Å². The second-order valence-corrected chi connectivity index (χ2v) is 4.63. The summed E-state index contributed by atoms with van der Waals surface area (Å²) in [5.74, 6) is -2.31. The van der Waals surface area contributed by atoms with Gasteiger partial charge >= 0.3 is 5.97 Å². The summed E-state index contributed by atoms with van der Waals surface area (Å²) < 4.78 is 10.8. The van der Waals surface area contributed by atoms with Gasteiger partial charge < -0.3 is 14.6 Å². The summed E-state index contributed by atoms with van der Waals surface area (Å²) in [6, 6.07) is 5.89. The van der Waals surface area contributed by atoms with Crippen molar-refractivity contribution < 1.29 is 24.3 Å². The second-order valence-electron chi connectivity index (χ2n) is 4.63. The number of nitro groups is 1. The number of carboxylic acid groups (broad SMARTS) is 1. The Labute approximate surface area is 108 Å². The van der Waals surface area contributed by atoms with Gasteiger partial charge in [0, 0.05) is 6.07 Å². The second kappa shape index (κ2) is 4.60. The Bertz CT molecular complexity index is 527. The third-order valence-electron chi connectivity index (χ3n) is 2.78. The fourth-order valence-electron chi connectivity index (χ4n) is 2.06. The van der Waals surface area contributed by atoms with E-state index in [4.69, 9.17) is 14.6 Å². The molecule has 0 spiro atoms. The Morgan fingerprint density at radius 1 is 1.37 bits per heavy atom. The van der Waals surface area contributed by atoms with Crippen molar-refractivity contribution >= 4 is 11.7 Å². The lowest BCUT2D eigenvalue weighted by atomic mass is 10.0. The Kier molecular flexibility index (Phi) is 3.25. The van der Waals surface area contributed by atoms with Crippen molar-refractivity contribution in [2.75, 3.05) is 0 Å². The summed E-state index contributed by atoms with van der Waals surface area (Å²) >= 11 is 0. The van der Waals surface area contributed by atoms with Gasteiger partial charge in [-0.25, -0.2) is 4.79 Å². The van der Waals surface area contributed by atoms with E-state index in [1.807, 2.05) is 0 Å². The molecule has 102 valence electrons. The molecule has 1 N–H and O–H groups in total. The van der Waals surface area contributed by atoms with E-state index in [1.165, 1.54) is 18.2 Å². The zero-order valence-electron chi connectivity index (χ0n) is 10.4. The van der Waals surface area contributed by atoms with Gasteiger partial charge in [0.2, 0.25) is 0 Å². The Morgan fingerprint density at radius 3 is 2.58 bits per heavy atom. The molecule has 0 saturated carbocycles. The van der Waals surface area contributed by atoms with Gasteiger partial charge in [0.05, 0.1) is 10.5 Å². The van der Waals surface area contributed by atoms with E-state index in [-0.39, 0.29) is 11.3 Å². The largest absolute Gasteiger partial charge is 0.479 e. The lowest BCUT2D eigenvalue weighted by molar-refractivity contribution is -0.386. The first kappa shape index (κ1) is 13.4. The van der Waals surface area contributed by atoms with Gasteiger partial charge in [-0.3, -0.25) is 10.1 Å². The number of nitrogens with zero attached hydrogens (tertiary/aromatic N) is 1. The number of hydrogen-bond donors (Lipinski definition) is 1. The smallest absolute Gasteiger partial charge is 0.336 e. The minimum absolute atomic E-state index is 0.181. The van der Waals surface area contributed by atoms with Crippen molar-refractivity contribution in [3.63, 3.8) is 0 Å². The van der Waals surface area contributed by atoms with Gasteiger partial charge in [-0.05, 0) is 19.9 Å². The van der Waals surface area contributed by atoms with Crippen LogP contribution in [0.5, 0.6) is 0 Å². The molecule has 1 aliphatic heterocycles. The maximum Gasteiger partial charge on any atom is 0.336 e. The summed E-state index contributed by atoms with van der Waals surface area (Å²) in [4.78, 5) is 21.6. The number of carboxylic acids is 1. The number of ether oxygens (including phenoxy) is 2. The number of carbonyl (C=O) groups is 1. The van der Waals surface area contributed by atoms with Crippen LogP contribution in [0.25, 0.3) is 0 Å². The first-order valence-electron chi connectivity index (χ1n) is 5.63. The maximum absolute atomic E-state index is 11.2.